The first-order chi connectivity index (χ1) is 13.1. The van der Waals surface area contributed by atoms with Gasteiger partial charge >= 0.3 is 0 Å². The number of thiazole rings is 1. The molecule has 0 bridgehead atoms. The molecule has 0 aliphatic rings. The van der Waals surface area contributed by atoms with Gasteiger partial charge in [0.2, 0.25) is 0 Å². The molecule has 0 atom stereocenters. The highest BCUT2D eigenvalue weighted by Crippen LogP contribution is 2.30. The summed E-state index contributed by atoms with van der Waals surface area (Å²) in [6.45, 7) is 3.19. The van der Waals surface area contributed by atoms with E-state index in [0.717, 1.165) is 22.0 Å². The number of halogens is 1. The average molecular weight is 454 g/mol. The number of hydrogen-bond donors (Lipinski definition) is 0. The van der Waals surface area contributed by atoms with Gasteiger partial charge in [0.25, 0.3) is 5.91 Å². The first-order valence-corrected chi connectivity index (χ1v) is 11.5. The Labute approximate surface area is 181 Å². The van der Waals surface area contributed by atoms with Crippen molar-refractivity contribution in [2.24, 2.45) is 0 Å². The Kier molecular flexibility index (Phi) is 7.40. The molecule has 1 aromatic heterocycles. The van der Waals surface area contributed by atoms with Crippen LogP contribution in [0.5, 0.6) is 0 Å². The van der Waals surface area contributed by atoms with E-state index in [4.69, 9.17) is 0 Å². The molecule has 3 aromatic rings. The Morgan fingerprint density at radius 3 is 2.31 bits per heavy atom. The molecular weight excluding hydrogens is 430 g/mol. The van der Waals surface area contributed by atoms with Gasteiger partial charge in [-0.15, -0.1) is 12.4 Å². The molecule has 0 aliphatic carbocycles. The van der Waals surface area contributed by atoms with E-state index in [1.807, 2.05) is 38.1 Å². The van der Waals surface area contributed by atoms with Crippen LogP contribution in [0.3, 0.4) is 0 Å². The summed E-state index contributed by atoms with van der Waals surface area (Å²) in [4.78, 5) is 21.7. The molecule has 0 N–H and O–H groups in total. The Hall–Kier alpha value is -2.00. The Balaban J connectivity index is 0.00000300. The minimum atomic E-state index is -3.30. The summed E-state index contributed by atoms with van der Waals surface area (Å²) < 4.78 is 24.4. The molecule has 3 rings (SSSR count). The highest BCUT2D eigenvalue weighted by Gasteiger charge is 2.22. The Bertz CT molecular complexity index is 1110. The SMILES string of the molecule is Cc1ccc2nc(N(CCN(C)C)C(=O)c3ccc(S(C)(=O)=O)cc3)sc2c1.Cl. The molecule has 0 spiro atoms. The zero-order valence-electron chi connectivity index (χ0n) is 16.7. The van der Waals surface area contributed by atoms with Crippen molar-refractivity contribution < 1.29 is 13.2 Å². The third-order valence-electron chi connectivity index (χ3n) is 4.31. The van der Waals surface area contributed by atoms with E-state index < -0.39 is 9.84 Å². The molecular formula is C20H24ClN3O3S2. The third kappa shape index (κ3) is 5.54. The highest BCUT2D eigenvalue weighted by molar-refractivity contribution is 7.90. The van der Waals surface area contributed by atoms with Crippen LogP contribution in [0, 0.1) is 6.92 Å². The van der Waals surface area contributed by atoms with E-state index >= 15 is 0 Å². The molecule has 29 heavy (non-hydrogen) atoms. The van der Waals surface area contributed by atoms with Crippen LogP contribution in [0.4, 0.5) is 5.13 Å². The van der Waals surface area contributed by atoms with Crippen LogP contribution in [-0.4, -0.2) is 57.6 Å². The lowest BCUT2D eigenvalue weighted by Crippen LogP contribution is -2.36. The number of aromatic nitrogens is 1. The number of fused-ring (bicyclic) bond motifs is 1. The van der Waals surface area contributed by atoms with Crippen LogP contribution in [-0.2, 0) is 9.84 Å². The van der Waals surface area contributed by atoms with Gasteiger partial charge in [0, 0.05) is 24.9 Å². The maximum absolute atomic E-state index is 13.2. The molecule has 156 valence electrons. The van der Waals surface area contributed by atoms with Gasteiger partial charge in [-0.05, 0) is 63.0 Å². The number of rotatable bonds is 6. The van der Waals surface area contributed by atoms with Gasteiger partial charge in [0.1, 0.15) is 0 Å². The number of benzene rings is 2. The van der Waals surface area contributed by atoms with E-state index in [2.05, 4.69) is 11.1 Å². The van der Waals surface area contributed by atoms with Gasteiger partial charge in [-0.1, -0.05) is 17.4 Å². The van der Waals surface area contributed by atoms with E-state index in [-0.39, 0.29) is 23.2 Å². The minimum absolute atomic E-state index is 0. The maximum Gasteiger partial charge on any atom is 0.260 e. The van der Waals surface area contributed by atoms with Gasteiger partial charge in [-0.2, -0.15) is 0 Å². The number of anilines is 1. The quantitative estimate of drug-likeness (QED) is 0.569. The number of hydrogen-bond acceptors (Lipinski definition) is 6. The number of aryl methyl sites for hydroxylation is 1. The molecule has 0 unspecified atom stereocenters. The molecule has 1 amide bonds. The number of nitrogens with zero attached hydrogens (tertiary/aromatic N) is 3. The predicted octanol–water partition coefficient (Wildman–Crippen LogP) is 3.64. The first-order valence-electron chi connectivity index (χ1n) is 8.79. The van der Waals surface area contributed by atoms with Gasteiger partial charge in [0.05, 0.1) is 15.1 Å². The molecule has 6 nitrogen and oxygen atoms in total. The van der Waals surface area contributed by atoms with Crippen LogP contribution < -0.4 is 4.90 Å². The van der Waals surface area contributed by atoms with Crippen LogP contribution in [0.1, 0.15) is 15.9 Å². The van der Waals surface area contributed by atoms with Crippen molar-refractivity contribution in [2.45, 2.75) is 11.8 Å². The Morgan fingerprint density at radius 1 is 1.07 bits per heavy atom. The molecule has 1 heterocycles. The molecule has 0 saturated carbocycles. The normalized spacial score (nSPS) is 11.5. The smallest absolute Gasteiger partial charge is 0.260 e. The summed E-state index contributed by atoms with van der Waals surface area (Å²) in [5.41, 5.74) is 2.44. The summed E-state index contributed by atoms with van der Waals surface area (Å²) in [7, 11) is 0.597. The van der Waals surface area contributed by atoms with Crippen LogP contribution in [0.15, 0.2) is 47.4 Å². The lowest BCUT2D eigenvalue weighted by Gasteiger charge is -2.22. The second-order valence-corrected chi connectivity index (χ2v) is 10.0. The first kappa shape index (κ1) is 23.3. The number of carbonyl (C=O) groups is 1. The number of sulfone groups is 1. The zero-order valence-corrected chi connectivity index (χ0v) is 19.2. The molecule has 2 aromatic carbocycles. The summed E-state index contributed by atoms with van der Waals surface area (Å²) in [5.74, 6) is -0.197. The van der Waals surface area contributed by atoms with Gasteiger partial charge in [-0.25, -0.2) is 13.4 Å². The fourth-order valence-electron chi connectivity index (χ4n) is 2.72. The lowest BCUT2D eigenvalue weighted by molar-refractivity contribution is 0.0985. The van der Waals surface area contributed by atoms with E-state index in [9.17, 15) is 13.2 Å². The monoisotopic (exact) mass is 453 g/mol. The van der Waals surface area contributed by atoms with Crippen molar-refractivity contribution in [1.29, 1.82) is 0 Å². The third-order valence-corrected chi connectivity index (χ3v) is 6.48. The van der Waals surface area contributed by atoms with Gasteiger partial charge in [-0.3, -0.25) is 9.69 Å². The minimum Gasteiger partial charge on any atom is -0.308 e. The summed E-state index contributed by atoms with van der Waals surface area (Å²) >= 11 is 1.48. The van der Waals surface area contributed by atoms with Crippen LogP contribution >= 0.6 is 23.7 Å². The van der Waals surface area contributed by atoms with E-state index in [1.165, 1.54) is 23.5 Å². The Morgan fingerprint density at radius 2 is 1.72 bits per heavy atom. The predicted molar refractivity (Wildman–Crippen MR) is 121 cm³/mol. The fourth-order valence-corrected chi connectivity index (χ4v) is 4.44. The van der Waals surface area contributed by atoms with Crippen LogP contribution in [0.2, 0.25) is 0 Å². The van der Waals surface area contributed by atoms with Crippen molar-refractivity contribution >= 4 is 54.8 Å². The topological polar surface area (TPSA) is 70.6 Å². The average Bonchev–Trinajstić information content (AvgIpc) is 3.03. The molecule has 0 radical (unpaired) electrons. The van der Waals surface area contributed by atoms with Crippen molar-refractivity contribution in [3.8, 4) is 0 Å². The molecule has 0 saturated heterocycles. The van der Waals surface area contributed by atoms with Gasteiger partial charge in [0.15, 0.2) is 15.0 Å². The van der Waals surface area contributed by atoms with Crippen molar-refractivity contribution in [1.82, 2.24) is 9.88 Å². The van der Waals surface area contributed by atoms with E-state index in [1.54, 1.807) is 17.0 Å². The molecule has 0 fully saturated rings. The van der Waals surface area contributed by atoms with Crippen molar-refractivity contribution in [3.05, 3.63) is 53.6 Å². The maximum atomic E-state index is 13.2. The summed E-state index contributed by atoms with van der Waals surface area (Å²) in [6.07, 6.45) is 1.15. The fraction of sp³-hybridized carbons (Fsp3) is 0.300. The molecule has 9 heteroatoms. The van der Waals surface area contributed by atoms with Crippen LogP contribution in [0.25, 0.3) is 10.2 Å². The summed E-state index contributed by atoms with van der Waals surface area (Å²) in [5, 5.41) is 0.639. The van der Waals surface area contributed by atoms with Gasteiger partial charge < -0.3 is 4.90 Å². The second kappa shape index (κ2) is 9.21. The van der Waals surface area contributed by atoms with E-state index in [0.29, 0.717) is 23.8 Å². The van der Waals surface area contributed by atoms with Crippen molar-refractivity contribution in [2.75, 3.05) is 38.3 Å². The number of amides is 1. The molecule has 0 aliphatic heterocycles. The second-order valence-electron chi connectivity index (χ2n) is 7.02. The number of carbonyl (C=O) groups excluding carboxylic acids is 1. The largest absolute Gasteiger partial charge is 0.308 e. The van der Waals surface area contributed by atoms with Crippen molar-refractivity contribution in [3.63, 3.8) is 0 Å². The zero-order chi connectivity index (χ0) is 20.5. The number of likely N-dealkylation sites (N-methyl/N-ethyl adjacent to an activating group) is 1. The lowest BCUT2D eigenvalue weighted by atomic mass is 10.2. The highest BCUT2D eigenvalue weighted by atomic mass is 35.5. The standard InChI is InChI=1S/C20H23N3O3S2.ClH/c1-14-5-10-17-18(13-14)27-20(21-17)23(12-11-22(2)3)19(24)15-6-8-16(9-7-15)28(4,25)26;/h5-10,13H,11-12H2,1-4H3;1H. The summed E-state index contributed by atoms with van der Waals surface area (Å²) in [6, 6.07) is 12.1.